The van der Waals surface area contributed by atoms with Gasteiger partial charge in [-0.05, 0) is 46.6 Å². The van der Waals surface area contributed by atoms with Crippen LogP contribution in [0.1, 0.15) is 118 Å². The molecule has 0 aromatic carbocycles. The molecule has 0 amide bonds. The highest BCUT2D eigenvalue weighted by atomic mass is 16.4. The summed E-state index contributed by atoms with van der Waals surface area (Å²) in [7, 11) is 0. The monoisotopic (exact) mass is 544 g/mol. The van der Waals surface area contributed by atoms with E-state index in [0.717, 1.165) is 0 Å². The number of aryl methyl sites for hydroxylation is 1. The second-order valence-corrected chi connectivity index (χ2v) is 11.3. The highest BCUT2D eigenvalue weighted by molar-refractivity contribution is 5.32. The molecule has 0 spiro atoms. The van der Waals surface area contributed by atoms with E-state index < -0.39 is 30.1 Å². The van der Waals surface area contributed by atoms with Crippen molar-refractivity contribution < 1.29 is 24.2 Å². The second-order valence-electron chi connectivity index (χ2n) is 11.3. The van der Waals surface area contributed by atoms with E-state index in [1.165, 1.54) is 0 Å². The molecule has 0 unspecified atom stereocenters. The Labute approximate surface area is 232 Å². The Hall–Kier alpha value is -2.48. The summed E-state index contributed by atoms with van der Waals surface area (Å²) < 4.78 is 12.3. The van der Waals surface area contributed by atoms with Crippen LogP contribution in [0.2, 0.25) is 0 Å². The van der Waals surface area contributed by atoms with Gasteiger partial charge in [0, 0.05) is 52.3 Å². The van der Waals surface area contributed by atoms with E-state index >= 15 is 0 Å². The van der Waals surface area contributed by atoms with E-state index in [1.54, 1.807) is 48.5 Å². The zero-order valence-electron chi connectivity index (χ0n) is 25.5. The van der Waals surface area contributed by atoms with Gasteiger partial charge in [0.25, 0.3) is 0 Å². The minimum atomic E-state index is -1.02. The third kappa shape index (κ3) is 6.64. The van der Waals surface area contributed by atoms with E-state index in [4.69, 9.17) is 8.83 Å². The number of rotatable bonds is 11. The van der Waals surface area contributed by atoms with Gasteiger partial charge in [0.15, 0.2) is 10.9 Å². The highest BCUT2D eigenvalue weighted by Crippen LogP contribution is 2.33. The minimum absolute atomic E-state index is 0.0285. The van der Waals surface area contributed by atoms with Crippen molar-refractivity contribution >= 4 is 0 Å². The summed E-state index contributed by atoms with van der Waals surface area (Å²) in [6.07, 6.45) is 0.332. The molecular weight excluding hydrogens is 496 g/mol. The van der Waals surface area contributed by atoms with Crippen molar-refractivity contribution in [2.24, 2.45) is 5.92 Å². The topological polar surface area (TPSA) is 121 Å². The smallest absolute Gasteiger partial charge is 0.191 e. The van der Waals surface area contributed by atoms with Gasteiger partial charge >= 0.3 is 0 Å². The maximum atomic E-state index is 13.0. The number of aliphatic hydroxyl groups is 3. The fraction of sp³-hybridized carbons (Fsp3) is 0.625. The summed E-state index contributed by atoms with van der Waals surface area (Å²) in [6, 6.07) is 0. The first kappa shape index (κ1) is 32.7. The molecule has 2 aromatic rings. The molecule has 2 rings (SSSR count). The van der Waals surface area contributed by atoms with Gasteiger partial charge in [-0.3, -0.25) is 9.59 Å². The molecule has 0 radical (unpaired) electrons. The lowest BCUT2D eigenvalue weighted by atomic mass is 9.83. The molecule has 0 aliphatic heterocycles. The fourth-order valence-corrected chi connectivity index (χ4v) is 5.53. The van der Waals surface area contributed by atoms with Crippen LogP contribution >= 0.6 is 0 Å². The molecule has 2 aromatic heterocycles. The predicted molar refractivity (Wildman–Crippen MR) is 155 cm³/mol. The van der Waals surface area contributed by atoms with Crippen molar-refractivity contribution in [3.63, 3.8) is 0 Å². The van der Waals surface area contributed by atoms with E-state index in [9.17, 15) is 24.9 Å². The Kier molecular flexibility index (Phi) is 11.1. The number of aliphatic hydroxyl groups excluding tert-OH is 3. The van der Waals surface area contributed by atoms with Crippen molar-refractivity contribution in [3.8, 4) is 0 Å². The first-order valence-electron chi connectivity index (χ1n) is 14.1. The third-order valence-corrected chi connectivity index (χ3v) is 8.43. The van der Waals surface area contributed by atoms with Crippen LogP contribution in [0.15, 0.2) is 30.1 Å². The summed E-state index contributed by atoms with van der Waals surface area (Å²) in [5, 5.41) is 32.9. The van der Waals surface area contributed by atoms with Crippen molar-refractivity contribution in [2.75, 3.05) is 0 Å². The number of hydrogen-bond acceptors (Lipinski definition) is 7. The molecule has 2 heterocycles. The lowest BCUT2D eigenvalue weighted by Gasteiger charge is -2.30. The lowest BCUT2D eigenvalue weighted by molar-refractivity contribution is 0.0212. The van der Waals surface area contributed by atoms with Crippen LogP contribution in [-0.2, 0) is 6.42 Å². The highest BCUT2D eigenvalue weighted by Gasteiger charge is 2.33. The van der Waals surface area contributed by atoms with Crippen molar-refractivity contribution in [2.45, 2.75) is 125 Å². The minimum Gasteiger partial charge on any atom is -0.465 e. The molecule has 7 nitrogen and oxygen atoms in total. The SMILES string of the molecule is CCc1oc([C@@H](C)/C=C(\C)[C@@H](O)[C@@H](C)[C@H](O)[C@H](C)c2oc([C@H](C)[C@H](O)CC)c(C)c(=O)c2C)c(C)c(=O)c1C. The fourth-order valence-electron chi connectivity index (χ4n) is 5.53. The maximum Gasteiger partial charge on any atom is 0.191 e. The first-order valence-corrected chi connectivity index (χ1v) is 14.1. The van der Waals surface area contributed by atoms with E-state index in [1.807, 2.05) is 33.8 Å². The van der Waals surface area contributed by atoms with Gasteiger partial charge in [-0.15, -0.1) is 0 Å². The molecule has 0 saturated carbocycles. The van der Waals surface area contributed by atoms with Gasteiger partial charge < -0.3 is 24.2 Å². The largest absolute Gasteiger partial charge is 0.465 e. The van der Waals surface area contributed by atoms with Gasteiger partial charge in [-0.1, -0.05) is 47.6 Å². The van der Waals surface area contributed by atoms with Crippen LogP contribution in [0.5, 0.6) is 0 Å². The van der Waals surface area contributed by atoms with Gasteiger partial charge in [0.05, 0.1) is 18.3 Å². The molecule has 0 fully saturated rings. The Bertz CT molecular complexity index is 1300. The van der Waals surface area contributed by atoms with Crippen LogP contribution in [0, 0.1) is 33.6 Å². The van der Waals surface area contributed by atoms with E-state index in [-0.39, 0.29) is 22.7 Å². The predicted octanol–water partition coefficient (Wildman–Crippen LogP) is 5.47. The molecule has 0 aliphatic rings. The van der Waals surface area contributed by atoms with Crippen LogP contribution in [0.4, 0.5) is 0 Å². The van der Waals surface area contributed by atoms with Gasteiger partial charge in [0.1, 0.15) is 23.0 Å². The number of allylic oxidation sites excluding steroid dienone is 1. The van der Waals surface area contributed by atoms with E-state index in [2.05, 4.69) is 0 Å². The van der Waals surface area contributed by atoms with Crippen molar-refractivity contribution in [1.29, 1.82) is 0 Å². The Morgan fingerprint density at radius 3 is 1.77 bits per heavy atom. The van der Waals surface area contributed by atoms with Gasteiger partial charge in [0.2, 0.25) is 0 Å². The number of hydrogen-bond donors (Lipinski definition) is 3. The van der Waals surface area contributed by atoms with E-state index in [0.29, 0.717) is 63.7 Å². The second kappa shape index (κ2) is 13.2. The average Bonchev–Trinajstić information content (AvgIpc) is 2.92. The van der Waals surface area contributed by atoms with Crippen LogP contribution in [0.25, 0.3) is 0 Å². The third-order valence-electron chi connectivity index (χ3n) is 8.43. The summed E-state index contributed by atoms with van der Waals surface area (Å²) in [5.41, 5.74) is 2.50. The van der Waals surface area contributed by atoms with Gasteiger partial charge in [-0.25, -0.2) is 0 Å². The summed E-state index contributed by atoms with van der Waals surface area (Å²) in [4.78, 5) is 25.7. The summed E-state index contributed by atoms with van der Waals surface area (Å²) in [6.45, 7) is 19.8. The zero-order valence-corrected chi connectivity index (χ0v) is 25.5. The normalized spacial score (nSPS) is 17.8. The molecular formula is C32H48O7. The zero-order chi connectivity index (χ0) is 29.9. The molecule has 7 atom stereocenters. The van der Waals surface area contributed by atoms with Crippen molar-refractivity contribution in [1.82, 2.24) is 0 Å². The lowest BCUT2D eigenvalue weighted by Crippen LogP contribution is -2.35. The molecule has 0 saturated heterocycles. The first-order chi connectivity index (χ1) is 18.1. The maximum absolute atomic E-state index is 13.0. The molecule has 7 heteroatoms. The van der Waals surface area contributed by atoms with Crippen LogP contribution < -0.4 is 10.9 Å². The van der Waals surface area contributed by atoms with Gasteiger partial charge in [-0.2, -0.15) is 0 Å². The summed E-state index contributed by atoms with van der Waals surface area (Å²) in [5.74, 6) is 0.215. The molecule has 0 aliphatic carbocycles. The van der Waals surface area contributed by atoms with Crippen LogP contribution in [0.3, 0.4) is 0 Å². The standard InChI is InChI=1S/C32H48O7/c1-12-24(33)17(5)31-22(10)29(37)23(11)32(39-31)21(9)28(36)19(7)26(34)15(3)14-16(4)30-20(8)27(35)18(6)25(13-2)38-30/h14,16-17,19,21,24,26,28,33-34,36H,12-13H2,1-11H3/b15-14+/t16-,17+,19+,21-,24+,26+,28-/m0/s1. The molecule has 218 valence electrons. The Morgan fingerprint density at radius 1 is 0.769 bits per heavy atom. The summed E-state index contributed by atoms with van der Waals surface area (Å²) >= 11 is 0. The molecule has 3 N–H and O–H groups in total. The van der Waals surface area contributed by atoms with Crippen LogP contribution in [-0.4, -0.2) is 33.6 Å². The molecule has 0 bridgehead atoms. The Balaban J connectivity index is 2.38. The average molecular weight is 545 g/mol. The quantitative estimate of drug-likeness (QED) is 0.321. The Morgan fingerprint density at radius 2 is 1.26 bits per heavy atom. The molecule has 39 heavy (non-hydrogen) atoms. The van der Waals surface area contributed by atoms with Crippen molar-refractivity contribution in [3.05, 3.63) is 77.4 Å².